The Kier molecular flexibility index (Phi) is 2.27. The molecule has 1 heterocycles. The van der Waals surface area contributed by atoms with Gasteiger partial charge in [-0.3, -0.25) is 15.2 Å². The zero-order valence-electron chi connectivity index (χ0n) is 6.70. The second kappa shape index (κ2) is 3.21. The maximum atomic E-state index is 10.4. The summed E-state index contributed by atoms with van der Waals surface area (Å²) >= 11 is 0. The average molecular weight is 170 g/mol. The number of anilines is 1. The van der Waals surface area contributed by atoms with Gasteiger partial charge in [0.1, 0.15) is 5.69 Å². The van der Waals surface area contributed by atoms with E-state index in [1.54, 1.807) is 0 Å². The molecule has 12 heavy (non-hydrogen) atoms. The number of nitrogen functional groups attached to an aromatic ring is 1. The van der Waals surface area contributed by atoms with Crippen molar-refractivity contribution in [2.75, 3.05) is 5.73 Å². The highest BCUT2D eigenvalue weighted by atomic mass is 16.6. The van der Waals surface area contributed by atoms with E-state index in [2.05, 4.69) is 10.2 Å². The fourth-order valence-electron chi connectivity index (χ4n) is 1.02. The fourth-order valence-corrected chi connectivity index (χ4v) is 1.02. The number of nitrogens with zero attached hydrogens (tertiary/aromatic N) is 2. The molecule has 1 rings (SSSR count). The standard InChI is InChI=1S/C6H10N4O2/c1-2-3-4-5(10(11)12)6(7)9-8-4/h2-3H2,1H3,(H3,7,8,9). The summed E-state index contributed by atoms with van der Waals surface area (Å²) in [5.41, 5.74) is 5.70. The van der Waals surface area contributed by atoms with E-state index in [1.807, 2.05) is 6.92 Å². The molecule has 0 radical (unpaired) electrons. The van der Waals surface area contributed by atoms with Crippen LogP contribution in [0.25, 0.3) is 0 Å². The molecule has 0 atom stereocenters. The van der Waals surface area contributed by atoms with Crippen LogP contribution in [-0.2, 0) is 6.42 Å². The predicted molar refractivity (Wildman–Crippen MR) is 43.6 cm³/mol. The predicted octanol–water partition coefficient (Wildman–Crippen LogP) is 0.853. The number of nitrogens with one attached hydrogen (secondary N) is 1. The summed E-state index contributed by atoms with van der Waals surface area (Å²) in [6.45, 7) is 1.93. The highest BCUT2D eigenvalue weighted by Gasteiger charge is 2.20. The lowest BCUT2D eigenvalue weighted by atomic mass is 10.2. The first-order chi connectivity index (χ1) is 5.66. The number of hydrogen-bond donors (Lipinski definition) is 2. The van der Waals surface area contributed by atoms with Gasteiger partial charge >= 0.3 is 5.69 Å². The lowest BCUT2D eigenvalue weighted by Gasteiger charge is -1.91. The molecule has 0 spiro atoms. The molecule has 1 aromatic heterocycles. The number of H-pyrrole nitrogens is 1. The van der Waals surface area contributed by atoms with Crippen molar-refractivity contribution in [1.82, 2.24) is 10.2 Å². The van der Waals surface area contributed by atoms with Crippen LogP contribution in [0.15, 0.2) is 0 Å². The molecule has 0 aliphatic heterocycles. The number of nitro groups is 1. The van der Waals surface area contributed by atoms with Gasteiger partial charge in [0, 0.05) is 0 Å². The molecule has 3 N–H and O–H groups in total. The third kappa shape index (κ3) is 1.36. The van der Waals surface area contributed by atoms with Gasteiger partial charge in [-0.05, 0) is 6.42 Å². The van der Waals surface area contributed by atoms with Gasteiger partial charge in [-0.15, -0.1) is 0 Å². The minimum absolute atomic E-state index is 0.0385. The number of nitrogens with two attached hydrogens (primary N) is 1. The van der Waals surface area contributed by atoms with Gasteiger partial charge in [0.15, 0.2) is 0 Å². The van der Waals surface area contributed by atoms with E-state index in [0.29, 0.717) is 12.1 Å². The topological polar surface area (TPSA) is 97.8 Å². The molecule has 1 aromatic rings. The minimum atomic E-state index is -0.510. The van der Waals surface area contributed by atoms with Crippen LogP contribution in [0, 0.1) is 10.1 Å². The Hall–Kier alpha value is -1.59. The Morgan fingerprint density at radius 3 is 2.92 bits per heavy atom. The number of rotatable bonds is 3. The van der Waals surface area contributed by atoms with Crippen molar-refractivity contribution in [3.63, 3.8) is 0 Å². The Morgan fingerprint density at radius 2 is 2.42 bits per heavy atom. The minimum Gasteiger partial charge on any atom is -0.376 e. The van der Waals surface area contributed by atoms with Crippen LogP contribution >= 0.6 is 0 Å². The van der Waals surface area contributed by atoms with E-state index < -0.39 is 4.92 Å². The summed E-state index contributed by atoms with van der Waals surface area (Å²) in [7, 11) is 0. The zero-order valence-corrected chi connectivity index (χ0v) is 6.70. The van der Waals surface area contributed by atoms with Crippen LogP contribution in [0.3, 0.4) is 0 Å². The Bertz CT molecular complexity index is 294. The zero-order chi connectivity index (χ0) is 9.14. The molecule has 0 amide bonds. The van der Waals surface area contributed by atoms with Crippen LogP contribution in [-0.4, -0.2) is 15.1 Å². The van der Waals surface area contributed by atoms with E-state index in [-0.39, 0.29) is 11.5 Å². The summed E-state index contributed by atoms with van der Waals surface area (Å²) < 4.78 is 0. The van der Waals surface area contributed by atoms with Crippen molar-refractivity contribution in [2.45, 2.75) is 19.8 Å². The third-order valence-electron chi connectivity index (χ3n) is 1.52. The van der Waals surface area contributed by atoms with Crippen molar-refractivity contribution in [2.24, 2.45) is 0 Å². The third-order valence-corrected chi connectivity index (χ3v) is 1.52. The maximum absolute atomic E-state index is 10.4. The van der Waals surface area contributed by atoms with Crippen LogP contribution in [0.1, 0.15) is 19.0 Å². The van der Waals surface area contributed by atoms with E-state index in [0.717, 1.165) is 6.42 Å². The van der Waals surface area contributed by atoms with Crippen molar-refractivity contribution in [3.8, 4) is 0 Å². The molecule has 66 valence electrons. The summed E-state index contributed by atoms with van der Waals surface area (Å²) in [4.78, 5) is 9.93. The molecule has 0 fully saturated rings. The maximum Gasteiger partial charge on any atom is 0.333 e. The monoisotopic (exact) mass is 170 g/mol. The molecule has 0 bridgehead atoms. The SMILES string of the molecule is CCCc1[nH]nc(N)c1[N+](=O)[O-]. The molecule has 0 aliphatic rings. The summed E-state index contributed by atoms with van der Waals surface area (Å²) in [6, 6.07) is 0. The fraction of sp³-hybridized carbons (Fsp3) is 0.500. The average Bonchev–Trinajstić information content (AvgIpc) is 2.32. The Morgan fingerprint density at radius 1 is 1.75 bits per heavy atom. The lowest BCUT2D eigenvalue weighted by molar-refractivity contribution is -0.384. The van der Waals surface area contributed by atoms with Crippen LogP contribution in [0.2, 0.25) is 0 Å². The van der Waals surface area contributed by atoms with Crippen LogP contribution in [0.4, 0.5) is 11.5 Å². The number of aromatic amines is 1. The summed E-state index contributed by atoms with van der Waals surface area (Å²) in [5.74, 6) is -0.0385. The first-order valence-corrected chi connectivity index (χ1v) is 3.64. The van der Waals surface area contributed by atoms with E-state index >= 15 is 0 Å². The number of hydrogen-bond acceptors (Lipinski definition) is 4. The number of aromatic nitrogens is 2. The highest BCUT2D eigenvalue weighted by Crippen LogP contribution is 2.23. The summed E-state index contributed by atoms with van der Waals surface area (Å²) in [6.07, 6.45) is 1.42. The first-order valence-electron chi connectivity index (χ1n) is 3.64. The second-order valence-electron chi connectivity index (χ2n) is 2.44. The molecule has 0 aliphatic carbocycles. The van der Waals surface area contributed by atoms with Gasteiger partial charge in [0.05, 0.1) is 4.92 Å². The van der Waals surface area contributed by atoms with Crippen molar-refractivity contribution in [3.05, 3.63) is 15.8 Å². The molecule has 6 heteroatoms. The van der Waals surface area contributed by atoms with E-state index in [9.17, 15) is 10.1 Å². The van der Waals surface area contributed by atoms with Gasteiger partial charge in [-0.2, -0.15) is 5.10 Å². The van der Waals surface area contributed by atoms with Crippen molar-refractivity contribution >= 4 is 11.5 Å². The van der Waals surface area contributed by atoms with Gasteiger partial charge in [0.2, 0.25) is 5.82 Å². The van der Waals surface area contributed by atoms with Crippen LogP contribution < -0.4 is 5.73 Å². The van der Waals surface area contributed by atoms with E-state index in [4.69, 9.17) is 5.73 Å². The van der Waals surface area contributed by atoms with Gasteiger partial charge in [0.25, 0.3) is 0 Å². The Labute approximate surface area is 68.9 Å². The van der Waals surface area contributed by atoms with Gasteiger partial charge < -0.3 is 5.73 Å². The lowest BCUT2D eigenvalue weighted by Crippen LogP contribution is -1.96. The number of aryl methyl sites for hydroxylation is 1. The van der Waals surface area contributed by atoms with Crippen molar-refractivity contribution in [1.29, 1.82) is 0 Å². The van der Waals surface area contributed by atoms with Gasteiger partial charge in [-0.25, -0.2) is 0 Å². The largest absolute Gasteiger partial charge is 0.376 e. The quantitative estimate of drug-likeness (QED) is 0.519. The van der Waals surface area contributed by atoms with Crippen LogP contribution in [0.5, 0.6) is 0 Å². The summed E-state index contributed by atoms with van der Waals surface area (Å²) in [5, 5.41) is 16.6. The van der Waals surface area contributed by atoms with E-state index in [1.165, 1.54) is 0 Å². The second-order valence-corrected chi connectivity index (χ2v) is 2.44. The van der Waals surface area contributed by atoms with Crippen molar-refractivity contribution < 1.29 is 4.92 Å². The molecule has 0 saturated heterocycles. The van der Waals surface area contributed by atoms with Gasteiger partial charge in [-0.1, -0.05) is 13.3 Å². The molecule has 0 saturated carbocycles. The Balaban J connectivity index is 3.04. The molecular formula is C6H10N4O2. The highest BCUT2D eigenvalue weighted by molar-refractivity contribution is 5.55. The molecule has 0 aromatic carbocycles. The molecule has 0 unspecified atom stereocenters. The normalized spacial score (nSPS) is 10.1. The first kappa shape index (κ1) is 8.51. The molecule has 6 nitrogen and oxygen atoms in total. The molecular weight excluding hydrogens is 160 g/mol. The smallest absolute Gasteiger partial charge is 0.333 e.